The largest absolute Gasteiger partial charge is 0.359 e. The van der Waals surface area contributed by atoms with Gasteiger partial charge in [0.25, 0.3) is 0 Å². The average Bonchev–Trinajstić information content (AvgIpc) is 3.20. The van der Waals surface area contributed by atoms with Crippen molar-refractivity contribution >= 4 is 12.9 Å². The Bertz CT molecular complexity index is 1450. The molecule has 172 valence electrons. The first-order valence-electron chi connectivity index (χ1n) is 11.6. The predicted molar refractivity (Wildman–Crippen MR) is 140 cm³/mol. The number of hydrogen-bond donors (Lipinski definition) is 1. The van der Waals surface area contributed by atoms with E-state index in [1.807, 2.05) is 12.1 Å². The summed E-state index contributed by atoms with van der Waals surface area (Å²) in [5, 5.41) is 0.360. The van der Waals surface area contributed by atoms with Crippen LogP contribution < -0.4 is 5.30 Å². The average molecular weight is 469 g/mol. The van der Waals surface area contributed by atoms with E-state index in [0.29, 0.717) is 11.7 Å². The zero-order valence-corrected chi connectivity index (χ0v) is 20.9. The number of aryl methyl sites for hydroxylation is 3. The van der Waals surface area contributed by atoms with E-state index in [2.05, 4.69) is 75.4 Å². The van der Waals surface area contributed by atoms with Crippen LogP contribution in [0.3, 0.4) is 0 Å². The van der Waals surface area contributed by atoms with Crippen LogP contribution in [0.5, 0.6) is 0 Å². The van der Waals surface area contributed by atoms with Crippen LogP contribution in [0.2, 0.25) is 0 Å². The summed E-state index contributed by atoms with van der Waals surface area (Å²) in [5.41, 5.74) is 12.7. The summed E-state index contributed by atoms with van der Waals surface area (Å²) < 4.78 is 18.4. The molecule has 0 spiro atoms. The third-order valence-electron chi connectivity index (χ3n) is 7.01. The van der Waals surface area contributed by atoms with Crippen molar-refractivity contribution in [1.29, 1.82) is 0 Å². The fourth-order valence-corrected chi connectivity index (χ4v) is 6.47. The van der Waals surface area contributed by atoms with E-state index in [4.69, 9.17) is 4.52 Å². The highest BCUT2D eigenvalue weighted by Crippen LogP contribution is 2.47. The predicted octanol–water partition coefficient (Wildman–Crippen LogP) is 6.90. The van der Waals surface area contributed by atoms with Gasteiger partial charge in [0.05, 0.1) is 5.30 Å². The molecular weight excluding hydrogens is 439 g/mol. The van der Waals surface area contributed by atoms with E-state index in [1.54, 1.807) is 6.07 Å². The van der Waals surface area contributed by atoms with Gasteiger partial charge in [-0.05, 0) is 89.8 Å². The fourth-order valence-electron chi connectivity index (χ4n) is 5.45. The Balaban J connectivity index is 1.76. The smallest absolute Gasteiger partial charge is 0.321 e. The van der Waals surface area contributed by atoms with E-state index < -0.39 is 7.60 Å². The zero-order valence-electron chi connectivity index (χ0n) is 20.1. The van der Waals surface area contributed by atoms with Crippen LogP contribution in [-0.2, 0) is 21.9 Å². The summed E-state index contributed by atoms with van der Waals surface area (Å²) in [6, 6.07) is 24.8. The maximum Gasteiger partial charge on any atom is 0.359 e. The topological polar surface area (TPSA) is 46.5 Å². The van der Waals surface area contributed by atoms with E-state index in [-0.39, 0.29) is 0 Å². The van der Waals surface area contributed by atoms with Crippen LogP contribution in [0.15, 0.2) is 72.8 Å². The monoisotopic (exact) mass is 468 g/mol. The van der Waals surface area contributed by atoms with Gasteiger partial charge in [-0.25, -0.2) is 0 Å². The maximum absolute atomic E-state index is 13.2. The summed E-state index contributed by atoms with van der Waals surface area (Å²) in [5.74, 6) is 0. The third kappa shape index (κ3) is 3.84. The van der Waals surface area contributed by atoms with E-state index in [9.17, 15) is 9.46 Å². The molecule has 0 saturated heterocycles. The third-order valence-corrected chi connectivity index (χ3v) is 8.48. The van der Waals surface area contributed by atoms with Gasteiger partial charge in [0, 0.05) is 12.7 Å². The molecule has 0 heterocycles. The molecule has 0 radical (unpaired) electrons. The van der Waals surface area contributed by atoms with Crippen molar-refractivity contribution in [3.8, 4) is 22.3 Å². The van der Waals surface area contributed by atoms with Crippen LogP contribution >= 0.6 is 7.60 Å². The van der Waals surface area contributed by atoms with E-state index >= 15 is 0 Å². The lowest BCUT2D eigenvalue weighted by Gasteiger charge is -2.21. The Morgan fingerprint density at radius 1 is 0.853 bits per heavy atom. The van der Waals surface area contributed by atoms with Crippen molar-refractivity contribution in [3.05, 3.63) is 112 Å². The molecule has 0 amide bonds. The van der Waals surface area contributed by atoms with Crippen LogP contribution in [0.1, 0.15) is 38.9 Å². The maximum atomic E-state index is 13.2. The molecule has 0 fully saturated rings. The van der Waals surface area contributed by atoms with Gasteiger partial charge < -0.3 is 9.42 Å². The minimum atomic E-state index is -3.99. The standard InChI is InChI=1S/C30H29O3P/c1-19-15-20(2)27(21(3)16-19)18-23-10-7-14-29(34(31,32)33-4)30(23)26-13-8-12-25-24-11-6-5-9-22(24)17-28(25)26/h5-16H,17-18H2,1-4H3,(H,31,32). The molecule has 1 atom stereocenters. The first-order valence-corrected chi connectivity index (χ1v) is 13.2. The Morgan fingerprint density at radius 2 is 1.50 bits per heavy atom. The summed E-state index contributed by atoms with van der Waals surface area (Å²) >= 11 is 0. The summed E-state index contributed by atoms with van der Waals surface area (Å²) in [6.45, 7) is 6.39. The summed E-state index contributed by atoms with van der Waals surface area (Å²) in [7, 11) is -2.69. The lowest BCUT2D eigenvalue weighted by molar-refractivity contribution is 0.328. The van der Waals surface area contributed by atoms with Gasteiger partial charge >= 0.3 is 7.60 Å². The molecule has 1 N–H and O–H groups in total. The van der Waals surface area contributed by atoms with Crippen molar-refractivity contribution in [2.75, 3.05) is 7.11 Å². The second-order valence-corrected chi connectivity index (χ2v) is 11.1. The molecule has 3 nitrogen and oxygen atoms in total. The van der Waals surface area contributed by atoms with Crippen LogP contribution in [0.4, 0.5) is 0 Å². The molecule has 1 aliphatic rings. The molecule has 0 saturated carbocycles. The van der Waals surface area contributed by atoms with Crippen LogP contribution in [0, 0.1) is 20.8 Å². The Morgan fingerprint density at radius 3 is 2.24 bits per heavy atom. The van der Waals surface area contributed by atoms with Crippen molar-refractivity contribution in [2.24, 2.45) is 0 Å². The van der Waals surface area contributed by atoms with Gasteiger partial charge in [0.2, 0.25) is 0 Å². The summed E-state index contributed by atoms with van der Waals surface area (Å²) in [6.07, 6.45) is 1.49. The molecule has 4 aromatic rings. The first kappa shape index (κ1) is 22.8. The molecule has 0 aromatic heterocycles. The van der Waals surface area contributed by atoms with Crippen molar-refractivity contribution in [1.82, 2.24) is 0 Å². The lowest BCUT2D eigenvalue weighted by Crippen LogP contribution is -2.13. The molecule has 5 rings (SSSR count). The van der Waals surface area contributed by atoms with Crippen molar-refractivity contribution < 1.29 is 14.0 Å². The number of fused-ring (bicyclic) bond motifs is 3. The van der Waals surface area contributed by atoms with Gasteiger partial charge in [-0.1, -0.05) is 72.3 Å². The highest BCUT2D eigenvalue weighted by molar-refractivity contribution is 7.61. The van der Waals surface area contributed by atoms with Crippen molar-refractivity contribution in [2.45, 2.75) is 33.6 Å². The van der Waals surface area contributed by atoms with Gasteiger partial charge in [-0.3, -0.25) is 4.57 Å². The van der Waals surface area contributed by atoms with Crippen LogP contribution in [-0.4, -0.2) is 12.0 Å². The second kappa shape index (κ2) is 8.67. The molecule has 0 bridgehead atoms. The molecule has 4 aromatic carbocycles. The Hall–Kier alpha value is -2.97. The Labute approximate surface area is 201 Å². The zero-order chi connectivity index (χ0) is 24.0. The lowest BCUT2D eigenvalue weighted by atomic mass is 9.88. The van der Waals surface area contributed by atoms with Crippen molar-refractivity contribution in [3.63, 3.8) is 0 Å². The summed E-state index contributed by atoms with van der Waals surface area (Å²) in [4.78, 5) is 10.8. The minimum absolute atomic E-state index is 0.360. The SMILES string of the molecule is COP(=O)(O)c1cccc(Cc2c(C)cc(C)cc2C)c1-c1cccc2c1Cc1ccccc1-2. The molecule has 1 unspecified atom stereocenters. The van der Waals surface area contributed by atoms with Gasteiger partial charge in [0.15, 0.2) is 0 Å². The molecule has 1 aliphatic carbocycles. The van der Waals surface area contributed by atoms with Gasteiger partial charge in [-0.15, -0.1) is 0 Å². The number of hydrogen-bond acceptors (Lipinski definition) is 2. The van der Waals surface area contributed by atoms with E-state index in [0.717, 1.165) is 23.1 Å². The Kier molecular flexibility index (Phi) is 5.81. The molecule has 0 aliphatic heterocycles. The number of rotatable bonds is 5. The van der Waals surface area contributed by atoms with Crippen LogP contribution in [0.25, 0.3) is 22.3 Å². The first-order chi connectivity index (χ1) is 16.3. The quantitative estimate of drug-likeness (QED) is 0.286. The number of benzene rings is 4. The van der Waals surface area contributed by atoms with Gasteiger partial charge in [0.1, 0.15) is 0 Å². The molecule has 34 heavy (non-hydrogen) atoms. The highest BCUT2D eigenvalue weighted by Gasteiger charge is 2.30. The highest BCUT2D eigenvalue weighted by atomic mass is 31.2. The molecule has 4 heteroatoms. The minimum Gasteiger partial charge on any atom is -0.321 e. The normalized spacial score (nSPS) is 13.9. The second-order valence-electron chi connectivity index (χ2n) is 9.23. The van der Waals surface area contributed by atoms with Gasteiger partial charge in [-0.2, -0.15) is 0 Å². The fraction of sp³-hybridized carbons (Fsp3) is 0.200. The molecular formula is C30H29O3P. The van der Waals surface area contributed by atoms with E-state index in [1.165, 1.54) is 51.6 Å².